The topological polar surface area (TPSA) is 48.0 Å². The molecule has 2 heterocycles. The van der Waals surface area contributed by atoms with Gasteiger partial charge >= 0.3 is 0 Å². The van der Waals surface area contributed by atoms with Crippen LogP contribution in [0.1, 0.15) is 12.6 Å². The lowest BCUT2D eigenvalue weighted by Crippen LogP contribution is -1.98. The monoisotopic (exact) mass is 275 g/mol. The van der Waals surface area contributed by atoms with Crippen molar-refractivity contribution in [2.24, 2.45) is 0 Å². The molecule has 0 atom stereocenters. The van der Waals surface area contributed by atoms with Gasteiger partial charge in [-0.25, -0.2) is 9.83 Å². The van der Waals surface area contributed by atoms with Gasteiger partial charge in [0.1, 0.15) is 5.82 Å². The van der Waals surface area contributed by atoms with E-state index in [0.29, 0.717) is 11.4 Å². The summed E-state index contributed by atoms with van der Waals surface area (Å²) < 4.78 is 2.08. The van der Waals surface area contributed by atoms with Crippen molar-refractivity contribution in [2.45, 2.75) is 13.5 Å². The number of imidazole rings is 1. The summed E-state index contributed by atoms with van der Waals surface area (Å²) in [5, 5.41) is 7.96. The molecule has 0 aliphatic rings. The average molecular weight is 275 g/mol. The van der Waals surface area contributed by atoms with E-state index in [1.807, 2.05) is 18.2 Å². The highest BCUT2D eigenvalue weighted by molar-refractivity contribution is 5.84. The zero-order chi connectivity index (χ0) is 14.8. The summed E-state index contributed by atoms with van der Waals surface area (Å²) in [7, 11) is 0. The van der Waals surface area contributed by atoms with E-state index in [9.17, 15) is 0 Å². The summed E-state index contributed by atoms with van der Waals surface area (Å²) in [6.07, 6.45) is 3.35. The molecule has 0 spiro atoms. The second kappa shape index (κ2) is 5.17. The first kappa shape index (κ1) is 13.0. The van der Waals surface area contributed by atoms with Crippen LogP contribution in [0.5, 0.6) is 0 Å². The van der Waals surface area contributed by atoms with Gasteiger partial charge in [0.25, 0.3) is 0 Å². The van der Waals surface area contributed by atoms with Crippen molar-refractivity contribution in [3.8, 4) is 11.4 Å². The van der Waals surface area contributed by atoms with Gasteiger partial charge < -0.3 is 4.57 Å². The van der Waals surface area contributed by atoms with Crippen LogP contribution in [0.15, 0.2) is 37.0 Å². The third-order valence-electron chi connectivity index (χ3n) is 3.32. The molecule has 3 aromatic rings. The predicted molar refractivity (Wildman–Crippen MR) is 82.8 cm³/mol. The third kappa shape index (κ3) is 2.17. The number of aryl methyl sites for hydroxylation is 1. The van der Waals surface area contributed by atoms with E-state index >= 15 is 0 Å². The van der Waals surface area contributed by atoms with E-state index in [1.54, 1.807) is 18.3 Å². The van der Waals surface area contributed by atoms with Crippen LogP contribution in [0.25, 0.3) is 33.3 Å². The molecule has 5 nitrogen and oxygen atoms in total. The van der Waals surface area contributed by atoms with E-state index in [1.165, 1.54) is 0 Å². The van der Waals surface area contributed by atoms with E-state index in [2.05, 4.69) is 38.1 Å². The van der Waals surface area contributed by atoms with E-state index in [0.717, 1.165) is 29.0 Å². The first-order chi connectivity index (χ1) is 10.3. The number of nitrogens with zero attached hydrogens (tertiary/aromatic N) is 5. The molecule has 0 saturated heterocycles. The van der Waals surface area contributed by atoms with Crippen LogP contribution in [0.2, 0.25) is 0 Å². The summed E-state index contributed by atoms with van der Waals surface area (Å²) in [5.41, 5.74) is 4.05. The van der Waals surface area contributed by atoms with Crippen molar-refractivity contribution in [3.05, 3.63) is 54.2 Å². The number of benzene rings is 1. The summed E-state index contributed by atoms with van der Waals surface area (Å²) in [5.74, 6) is 0.827. The molecule has 2 aromatic heterocycles. The Labute approximate surface area is 122 Å². The van der Waals surface area contributed by atoms with Gasteiger partial charge in [0.2, 0.25) is 0 Å². The maximum absolute atomic E-state index is 7.14. The van der Waals surface area contributed by atoms with Gasteiger partial charge in [-0.2, -0.15) is 10.2 Å². The quantitative estimate of drug-likeness (QED) is 0.685. The van der Waals surface area contributed by atoms with Gasteiger partial charge in [0, 0.05) is 12.1 Å². The summed E-state index contributed by atoms with van der Waals surface area (Å²) >= 11 is 0. The summed E-state index contributed by atoms with van der Waals surface area (Å²) in [4.78, 5) is 8.14. The molecular formula is C16H13N5. The van der Waals surface area contributed by atoms with Gasteiger partial charge in [-0.3, -0.25) is 0 Å². The lowest BCUT2D eigenvalue weighted by Gasteiger charge is -2.06. The molecule has 102 valence electrons. The Hall–Kier alpha value is -3.00. The summed E-state index contributed by atoms with van der Waals surface area (Å²) in [6.45, 7) is 13.7. The van der Waals surface area contributed by atoms with Crippen LogP contribution >= 0.6 is 0 Å². The molecule has 0 N–H and O–H groups in total. The molecule has 0 aliphatic heterocycles. The minimum absolute atomic E-state index is 0.614. The van der Waals surface area contributed by atoms with Crippen molar-refractivity contribution >= 4 is 22.8 Å². The minimum atomic E-state index is 0.614. The van der Waals surface area contributed by atoms with E-state index in [4.69, 9.17) is 6.57 Å². The fourth-order valence-electron chi connectivity index (χ4n) is 2.33. The lowest BCUT2D eigenvalue weighted by molar-refractivity contribution is 0.795. The Morgan fingerprint density at radius 3 is 2.95 bits per heavy atom. The zero-order valence-corrected chi connectivity index (χ0v) is 11.6. The Kier molecular flexibility index (Phi) is 3.20. The fourth-order valence-corrected chi connectivity index (χ4v) is 2.33. The highest BCUT2D eigenvalue weighted by Gasteiger charge is 2.12. The number of hydrogen-bond donors (Lipinski definition) is 0. The second-order valence-corrected chi connectivity index (χ2v) is 4.54. The molecule has 0 saturated carbocycles. The van der Waals surface area contributed by atoms with Crippen molar-refractivity contribution in [3.63, 3.8) is 0 Å². The van der Waals surface area contributed by atoms with Crippen LogP contribution in [0, 0.1) is 6.57 Å². The van der Waals surface area contributed by atoms with Gasteiger partial charge in [-0.05, 0) is 31.2 Å². The van der Waals surface area contributed by atoms with Crippen LogP contribution in [0.3, 0.4) is 0 Å². The molecule has 0 amide bonds. The van der Waals surface area contributed by atoms with E-state index in [-0.39, 0.29) is 0 Å². The van der Waals surface area contributed by atoms with Gasteiger partial charge in [-0.1, -0.05) is 12.6 Å². The Morgan fingerprint density at radius 2 is 2.24 bits per heavy atom. The molecule has 0 fully saturated rings. The minimum Gasteiger partial charge on any atom is -0.325 e. The summed E-state index contributed by atoms with van der Waals surface area (Å²) in [6, 6.07) is 7.43. The van der Waals surface area contributed by atoms with Crippen molar-refractivity contribution in [1.29, 1.82) is 0 Å². The van der Waals surface area contributed by atoms with Gasteiger partial charge in [0.15, 0.2) is 5.69 Å². The van der Waals surface area contributed by atoms with Crippen molar-refractivity contribution in [1.82, 2.24) is 19.7 Å². The first-order valence-corrected chi connectivity index (χ1v) is 6.60. The van der Waals surface area contributed by atoms with Crippen LogP contribution in [0.4, 0.5) is 5.69 Å². The highest BCUT2D eigenvalue weighted by atomic mass is 15.1. The Morgan fingerprint density at radius 1 is 1.38 bits per heavy atom. The zero-order valence-electron chi connectivity index (χ0n) is 11.6. The number of fused-ring (bicyclic) bond motifs is 1. The average Bonchev–Trinajstić information content (AvgIpc) is 2.92. The van der Waals surface area contributed by atoms with E-state index < -0.39 is 0 Å². The van der Waals surface area contributed by atoms with Gasteiger partial charge in [-0.15, -0.1) is 0 Å². The molecule has 5 heteroatoms. The van der Waals surface area contributed by atoms with Gasteiger partial charge in [0.05, 0.1) is 29.5 Å². The molecule has 21 heavy (non-hydrogen) atoms. The largest absolute Gasteiger partial charge is 0.325 e. The Balaban J connectivity index is 2.27. The fraction of sp³-hybridized carbons (Fsp3) is 0.125. The first-order valence-electron chi connectivity index (χ1n) is 6.60. The molecule has 0 radical (unpaired) electrons. The highest BCUT2D eigenvalue weighted by Crippen LogP contribution is 2.27. The molecule has 0 unspecified atom stereocenters. The number of rotatable bonds is 3. The van der Waals surface area contributed by atoms with Crippen LogP contribution in [-0.2, 0) is 6.54 Å². The maximum atomic E-state index is 7.14. The molecule has 0 bridgehead atoms. The Bertz CT molecular complexity index is 870. The molecule has 3 rings (SSSR count). The third-order valence-corrected chi connectivity index (χ3v) is 3.32. The molecule has 1 aromatic carbocycles. The predicted octanol–water partition coefficient (Wildman–Crippen LogP) is 3.71. The normalized spacial score (nSPS) is 10.5. The number of hydrogen-bond acceptors (Lipinski definition) is 3. The molecule has 0 aliphatic carbocycles. The van der Waals surface area contributed by atoms with Crippen molar-refractivity contribution < 1.29 is 0 Å². The van der Waals surface area contributed by atoms with Crippen molar-refractivity contribution in [2.75, 3.05) is 0 Å². The maximum Gasteiger partial charge on any atom is 0.189 e. The molecular weight excluding hydrogens is 262 g/mol. The number of aromatic nitrogens is 4. The standard InChI is InChI=1S/C16H13N5/c1-4-12-8-11(10-18-20-12)16-19-14-7-6-13(17-3)9-15(14)21(16)5-2/h4,6-10H,1,5H2,2H3. The second-order valence-electron chi connectivity index (χ2n) is 4.54. The van der Waals surface area contributed by atoms with Crippen LogP contribution < -0.4 is 0 Å². The van der Waals surface area contributed by atoms with Crippen LogP contribution in [-0.4, -0.2) is 19.7 Å². The smallest absolute Gasteiger partial charge is 0.189 e. The SMILES string of the molecule is [C-]#[N+]c1ccc2nc(-c3cnnc(C=C)c3)n(CC)c2c1. The lowest BCUT2D eigenvalue weighted by atomic mass is 10.2.